The zero-order chi connectivity index (χ0) is 18.0. The number of rotatable bonds is 4. The third-order valence-electron chi connectivity index (χ3n) is 5.54. The summed E-state index contributed by atoms with van der Waals surface area (Å²) in [6, 6.07) is 5.11. The molecule has 0 amide bonds. The minimum absolute atomic E-state index is 0.195. The Balaban J connectivity index is 1.55. The summed E-state index contributed by atoms with van der Waals surface area (Å²) >= 11 is 0. The minimum Gasteiger partial charge on any atom is -0.369 e. The number of hydrogen-bond acceptors (Lipinski definition) is 5. The van der Waals surface area contributed by atoms with Gasteiger partial charge < -0.3 is 4.90 Å². The van der Waals surface area contributed by atoms with E-state index < -0.39 is 10.7 Å². The van der Waals surface area contributed by atoms with E-state index in [9.17, 15) is 14.5 Å². The van der Waals surface area contributed by atoms with E-state index in [1.54, 1.807) is 0 Å². The molecule has 2 fully saturated rings. The van der Waals surface area contributed by atoms with Gasteiger partial charge in [0.05, 0.1) is 16.7 Å². The van der Waals surface area contributed by atoms with Crippen LogP contribution >= 0.6 is 0 Å². The molecule has 0 atom stereocenters. The molecule has 7 heteroatoms. The Hall–Kier alpha value is -1.73. The molecule has 2 aliphatic heterocycles. The first kappa shape index (κ1) is 18.1. The van der Waals surface area contributed by atoms with Crippen molar-refractivity contribution in [1.29, 1.82) is 0 Å². The average molecular weight is 350 g/mol. The van der Waals surface area contributed by atoms with Gasteiger partial charge in [-0.3, -0.25) is 19.9 Å². The summed E-state index contributed by atoms with van der Waals surface area (Å²) in [7, 11) is 0. The Morgan fingerprint density at radius 2 is 1.76 bits per heavy atom. The van der Waals surface area contributed by atoms with Crippen molar-refractivity contribution in [3.05, 3.63) is 34.1 Å². The average Bonchev–Trinajstić information content (AvgIpc) is 2.62. The predicted molar refractivity (Wildman–Crippen MR) is 96.6 cm³/mol. The standard InChI is InChI=1S/C18H27FN4O2/c1-14(2)20-9-11-21(12-10-20)15-5-7-22(8-6-15)18-4-3-16(23(24)25)13-17(18)19/h3-4,13-15H,5-12H2,1-2H3. The molecule has 0 unspecified atom stereocenters. The largest absolute Gasteiger partial charge is 0.369 e. The fraction of sp³-hybridized carbons (Fsp3) is 0.667. The zero-order valence-corrected chi connectivity index (χ0v) is 15.0. The molecule has 0 aromatic heterocycles. The molecule has 0 spiro atoms. The lowest BCUT2D eigenvalue weighted by molar-refractivity contribution is -0.385. The number of nitro groups is 1. The third kappa shape index (κ3) is 4.10. The third-order valence-corrected chi connectivity index (χ3v) is 5.54. The maximum Gasteiger partial charge on any atom is 0.272 e. The van der Waals surface area contributed by atoms with Crippen LogP contribution in [0.2, 0.25) is 0 Å². The maximum absolute atomic E-state index is 14.2. The topological polar surface area (TPSA) is 52.9 Å². The molecule has 2 aliphatic rings. The van der Waals surface area contributed by atoms with Gasteiger partial charge in [0.1, 0.15) is 0 Å². The molecule has 0 N–H and O–H groups in total. The monoisotopic (exact) mass is 350 g/mol. The van der Waals surface area contributed by atoms with Crippen LogP contribution in [0.4, 0.5) is 15.8 Å². The molecule has 138 valence electrons. The number of anilines is 1. The van der Waals surface area contributed by atoms with E-state index in [-0.39, 0.29) is 5.69 Å². The van der Waals surface area contributed by atoms with E-state index in [1.165, 1.54) is 12.1 Å². The highest BCUT2D eigenvalue weighted by molar-refractivity contribution is 5.52. The van der Waals surface area contributed by atoms with E-state index in [0.29, 0.717) is 17.8 Å². The van der Waals surface area contributed by atoms with Gasteiger partial charge in [0, 0.05) is 57.4 Å². The highest BCUT2D eigenvalue weighted by atomic mass is 19.1. The normalized spacial score (nSPS) is 21.0. The fourth-order valence-electron chi connectivity index (χ4n) is 3.96. The van der Waals surface area contributed by atoms with Crippen LogP contribution in [0.5, 0.6) is 0 Å². The molecule has 0 saturated carbocycles. The lowest BCUT2D eigenvalue weighted by Crippen LogP contribution is -2.54. The number of hydrogen-bond donors (Lipinski definition) is 0. The Morgan fingerprint density at radius 3 is 2.28 bits per heavy atom. The lowest BCUT2D eigenvalue weighted by Gasteiger charge is -2.44. The summed E-state index contributed by atoms with van der Waals surface area (Å²) in [6.07, 6.45) is 2.02. The van der Waals surface area contributed by atoms with E-state index in [1.807, 2.05) is 4.90 Å². The van der Waals surface area contributed by atoms with Crippen LogP contribution in [0.15, 0.2) is 18.2 Å². The molecule has 3 rings (SSSR count). The molecule has 1 aromatic carbocycles. The van der Waals surface area contributed by atoms with Crippen molar-refractivity contribution in [2.24, 2.45) is 0 Å². The van der Waals surface area contributed by atoms with Gasteiger partial charge >= 0.3 is 0 Å². The van der Waals surface area contributed by atoms with Gasteiger partial charge in [-0.15, -0.1) is 0 Å². The first-order valence-electron chi connectivity index (χ1n) is 9.12. The summed E-state index contributed by atoms with van der Waals surface area (Å²) in [5, 5.41) is 10.7. The maximum atomic E-state index is 14.2. The van der Waals surface area contributed by atoms with Crippen molar-refractivity contribution in [3.63, 3.8) is 0 Å². The van der Waals surface area contributed by atoms with Gasteiger partial charge in [-0.2, -0.15) is 0 Å². The van der Waals surface area contributed by atoms with Crippen molar-refractivity contribution in [2.45, 2.75) is 38.8 Å². The number of benzene rings is 1. The number of nitrogens with zero attached hydrogens (tertiary/aromatic N) is 4. The molecule has 2 saturated heterocycles. The molecule has 25 heavy (non-hydrogen) atoms. The Morgan fingerprint density at radius 1 is 1.12 bits per heavy atom. The number of nitro benzene ring substituents is 1. The quantitative estimate of drug-likeness (QED) is 0.617. The second-order valence-corrected chi connectivity index (χ2v) is 7.28. The molecule has 2 heterocycles. The van der Waals surface area contributed by atoms with Gasteiger partial charge in [-0.1, -0.05) is 0 Å². The second kappa shape index (κ2) is 7.66. The smallest absolute Gasteiger partial charge is 0.272 e. The molecule has 0 aliphatic carbocycles. The van der Waals surface area contributed by atoms with Crippen LogP contribution in [0.25, 0.3) is 0 Å². The molecular formula is C18H27FN4O2. The molecule has 0 bridgehead atoms. The SMILES string of the molecule is CC(C)N1CCN(C2CCN(c3ccc([N+](=O)[O-])cc3F)CC2)CC1. The number of non-ortho nitro benzene ring substituents is 1. The fourth-order valence-corrected chi connectivity index (χ4v) is 3.96. The van der Waals surface area contributed by atoms with E-state index in [4.69, 9.17) is 0 Å². The van der Waals surface area contributed by atoms with Crippen molar-refractivity contribution < 1.29 is 9.31 Å². The first-order valence-corrected chi connectivity index (χ1v) is 9.12. The summed E-state index contributed by atoms with van der Waals surface area (Å²) in [4.78, 5) is 17.3. The van der Waals surface area contributed by atoms with Crippen LogP contribution < -0.4 is 4.90 Å². The first-order chi connectivity index (χ1) is 12.0. The Labute approximate surface area is 148 Å². The molecule has 1 aromatic rings. The lowest BCUT2D eigenvalue weighted by atomic mass is 10.0. The van der Waals surface area contributed by atoms with Gasteiger partial charge in [0.15, 0.2) is 5.82 Å². The van der Waals surface area contributed by atoms with Crippen LogP contribution in [-0.2, 0) is 0 Å². The van der Waals surface area contributed by atoms with Crippen molar-refractivity contribution in [1.82, 2.24) is 9.80 Å². The van der Waals surface area contributed by atoms with Gasteiger partial charge in [0.2, 0.25) is 0 Å². The van der Waals surface area contributed by atoms with Crippen molar-refractivity contribution in [2.75, 3.05) is 44.2 Å². The molecule has 6 nitrogen and oxygen atoms in total. The van der Waals surface area contributed by atoms with E-state index in [0.717, 1.165) is 58.2 Å². The van der Waals surface area contributed by atoms with Crippen molar-refractivity contribution >= 4 is 11.4 Å². The summed E-state index contributed by atoms with van der Waals surface area (Å²) in [5.41, 5.74) is 0.285. The number of halogens is 1. The van der Waals surface area contributed by atoms with Gasteiger partial charge in [0.25, 0.3) is 5.69 Å². The highest BCUT2D eigenvalue weighted by Crippen LogP contribution is 2.28. The van der Waals surface area contributed by atoms with Crippen LogP contribution in [-0.4, -0.2) is 66.1 Å². The minimum atomic E-state index is -0.560. The second-order valence-electron chi connectivity index (χ2n) is 7.28. The molecular weight excluding hydrogens is 323 g/mol. The van der Waals surface area contributed by atoms with E-state index >= 15 is 0 Å². The molecule has 0 radical (unpaired) electrons. The van der Waals surface area contributed by atoms with Crippen LogP contribution in [0.3, 0.4) is 0 Å². The van der Waals surface area contributed by atoms with Crippen LogP contribution in [0.1, 0.15) is 26.7 Å². The van der Waals surface area contributed by atoms with Crippen LogP contribution in [0, 0.1) is 15.9 Å². The Kier molecular flexibility index (Phi) is 5.54. The highest BCUT2D eigenvalue weighted by Gasteiger charge is 2.29. The van der Waals surface area contributed by atoms with E-state index in [2.05, 4.69) is 23.6 Å². The summed E-state index contributed by atoms with van der Waals surface area (Å²) < 4.78 is 14.2. The van der Waals surface area contributed by atoms with Gasteiger partial charge in [-0.05, 0) is 32.8 Å². The Bertz CT molecular complexity index is 609. The number of piperidine rings is 1. The number of piperazine rings is 1. The zero-order valence-electron chi connectivity index (χ0n) is 15.0. The summed E-state index contributed by atoms with van der Waals surface area (Å²) in [6.45, 7) is 10.5. The predicted octanol–water partition coefficient (Wildman–Crippen LogP) is 2.73. The van der Waals surface area contributed by atoms with Crippen molar-refractivity contribution in [3.8, 4) is 0 Å². The van der Waals surface area contributed by atoms with Gasteiger partial charge in [-0.25, -0.2) is 4.39 Å². The summed E-state index contributed by atoms with van der Waals surface area (Å²) in [5.74, 6) is -0.502.